The van der Waals surface area contributed by atoms with Crippen LogP contribution in [0.15, 0.2) is 30.3 Å². The van der Waals surface area contributed by atoms with Gasteiger partial charge in [0.1, 0.15) is 6.61 Å². The van der Waals surface area contributed by atoms with Gasteiger partial charge in [0, 0.05) is 31.8 Å². The molecule has 4 nitrogen and oxygen atoms in total. The van der Waals surface area contributed by atoms with Crippen molar-refractivity contribution in [1.29, 1.82) is 0 Å². The van der Waals surface area contributed by atoms with Gasteiger partial charge in [-0.2, -0.15) is 0 Å². The van der Waals surface area contributed by atoms with E-state index in [4.69, 9.17) is 4.74 Å². The van der Waals surface area contributed by atoms with Crippen molar-refractivity contribution in [3.63, 3.8) is 0 Å². The first-order valence-electron chi connectivity index (χ1n) is 8.94. The van der Waals surface area contributed by atoms with E-state index in [1.807, 2.05) is 6.92 Å². The van der Waals surface area contributed by atoms with Crippen molar-refractivity contribution in [2.24, 2.45) is 0 Å². The molecule has 4 heteroatoms. The molecular weight excluding hydrogens is 288 g/mol. The fourth-order valence-corrected chi connectivity index (χ4v) is 4.08. The zero-order valence-corrected chi connectivity index (χ0v) is 14.1. The average molecular weight is 316 g/mol. The van der Waals surface area contributed by atoms with E-state index in [9.17, 15) is 4.79 Å². The van der Waals surface area contributed by atoms with Crippen LogP contribution in [0.1, 0.15) is 38.2 Å². The van der Waals surface area contributed by atoms with Gasteiger partial charge in [-0.3, -0.25) is 9.69 Å². The van der Waals surface area contributed by atoms with Gasteiger partial charge in [0.2, 0.25) is 5.91 Å². The summed E-state index contributed by atoms with van der Waals surface area (Å²) in [4.78, 5) is 17.1. The molecule has 23 heavy (non-hydrogen) atoms. The van der Waals surface area contributed by atoms with Gasteiger partial charge in [-0.1, -0.05) is 30.3 Å². The molecule has 3 rings (SSSR count). The van der Waals surface area contributed by atoms with Crippen LogP contribution in [-0.2, 0) is 16.1 Å². The lowest BCUT2D eigenvalue weighted by molar-refractivity contribution is -0.137. The van der Waals surface area contributed by atoms with Crippen molar-refractivity contribution >= 4 is 5.91 Å². The fourth-order valence-electron chi connectivity index (χ4n) is 4.08. The minimum atomic E-state index is 0.168. The molecule has 0 aromatic heterocycles. The van der Waals surface area contributed by atoms with E-state index in [2.05, 4.69) is 40.1 Å². The van der Waals surface area contributed by atoms with Crippen LogP contribution in [0.5, 0.6) is 0 Å². The normalized spacial score (nSPS) is 25.2. The number of hydrogen-bond acceptors (Lipinski definition) is 3. The molecule has 2 atom stereocenters. The van der Waals surface area contributed by atoms with Crippen LogP contribution >= 0.6 is 0 Å². The number of ether oxygens (including phenoxy) is 1. The van der Waals surface area contributed by atoms with Crippen LogP contribution in [0.2, 0.25) is 0 Å². The Bertz CT molecular complexity index is 505. The first-order chi connectivity index (χ1) is 11.3. The minimum Gasteiger partial charge on any atom is -0.372 e. The molecule has 0 unspecified atom stereocenters. The fraction of sp³-hybridized carbons (Fsp3) is 0.632. The lowest BCUT2D eigenvalue weighted by Crippen LogP contribution is -2.49. The molecule has 1 amide bonds. The molecule has 0 aliphatic carbocycles. The number of amides is 1. The van der Waals surface area contributed by atoms with Crippen LogP contribution in [0.4, 0.5) is 0 Å². The van der Waals surface area contributed by atoms with E-state index in [0.29, 0.717) is 18.7 Å². The molecule has 0 spiro atoms. The Balaban J connectivity index is 1.65. The standard InChI is InChI=1S/C19H28N2O2/c1-2-23-15-19(22)21-13-7-11-18(21)17-10-6-12-20(17)14-16-8-4-3-5-9-16/h3-5,8-9,17-18H,2,6-7,10-15H2,1H3/t17-,18-/m1/s1. The van der Waals surface area contributed by atoms with Crippen molar-refractivity contribution in [3.05, 3.63) is 35.9 Å². The van der Waals surface area contributed by atoms with Crippen molar-refractivity contribution in [2.75, 3.05) is 26.3 Å². The summed E-state index contributed by atoms with van der Waals surface area (Å²) in [6.45, 7) is 5.81. The summed E-state index contributed by atoms with van der Waals surface area (Å²) in [5, 5.41) is 0. The Morgan fingerprint density at radius 2 is 1.87 bits per heavy atom. The highest BCUT2D eigenvalue weighted by Crippen LogP contribution is 2.31. The van der Waals surface area contributed by atoms with Crippen LogP contribution in [-0.4, -0.2) is 54.1 Å². The lowest BCUT2D eigenvalue weighted by Gasteiger charge is -2.35. The van der Waals surface area contributed by atoms with E-state index >= 15 is 0 Å². The van der Waals surface area contributed by atoms with E-state index < -0.39 is 0 Å². The molecule has 2 aliphatic rings. The number of carbonyl (C=O) groups excluding carboxylic acids is 1. The summed E-state index contributed by atoms with van der Waals surface area (Å²) in [7, 11) is 0. The number of likely N-dealkylation sites (tertiary alicyclic amines) is 2. The van der Waals surface area contributed by atoms with E-state index in [0.717, 1.165) is 32.5 Å². The largest absolute Gasteiger partial charge is 0.372 e. The third-order valence-electron chi connectivity index (χ3n) is 5.14. The summed E-state index contributed by atoms with van der Waals surface area (Å²) in [5.74, 6) is 0.168. The minimum absolute atomic E-state index is 0.168. The summed E-state index contributed by atoms with van der Waals surface area (Å²) < 4.78 is 5.34. The number of hydrogen-bond donors (Lipinski definition) is 0. The highest BCUT2D eigenvalue weighted by Gasteiger charge is 2.39. The van der Waals surface area contributed by atoms with Gasteiger partial charge in [-0.05, 0) is 44.7 Å². The molecule has 2 fully saturated rings. The Hall–Kier alpha value is -1.39. The zero-order valence-electron chi connectivity index (χ0n) is 14.1. The van der Waals surface area contributed by atoms with Gasteiger partial charge in [0.25, 0.3) is 0 Å². The highest BCUT2D eigenvalue weighted by molar-refractivity contribution is 5.78. The number of nitrogens with zero attached hydrogens (tertiary/aromatic N) is 2. The summed E-state index contributed by atoms with van der Waals surface area (Å²) in [6.07, 6.45) is 4.70. The lowest BCUT2D eigenvalue weighted by atomic mass is 10.0. The van der Waals surface area contributed by atoms with Crippen LogP contribution < -0.4 is 0 Å². The zero-order chi connectivity index (χ0) is 16.1. The van der Waals surface area contributed by atoms with E-state index in [1.165, 1.54) is 18.4 Å². The number of rotatable bonds is 6. The molecule has 2 saturated heterocycles. The topological polar surface area (TPSA) is 32.8 Å². The van der Waals surface area contributed by atoms with Gasteiger partial charge >= 0.3 is 0 Å². The van der Waals surface area contributed by atoms with Crippen LogP contribution in [0.3, 0.4) is 0 Å². The van der Waals surface area contributed by atoms with Crippen LogP contribution in [0.25, 0.3) is 0 Å². The predicted molar refractivity (Wildman–Crippen MR) is 91.1 cm³/mol. The van der Waals surface area contributed by atoms with Gasteiger partial charge < -0.3 is 9.64 Å². The molecular formula is C19H28N2O2. The third kappa shape index (κ3) is 3.93. The van der Waals surface area contributed by atoms with E-state index in [1.54, 1.807) is 0 Å². The van der Waals surface area contributed by atoms with E-state index in [-0.39, 0.29) is 12.5 Å². The van der Waals surface area contributed by atoms with Crippen molar-refractivity contribution < 1.29 is 9.53 Å². The maximum atomic E-state index is 12.4. The van der Waals surface area contributed by atoms with Gasteiger partial charge in [-0.15, -0.1) is 0 Å². The summed E-state index contributed by atoms with van der Waals surface area (Å²) >= 11 is 0. The monoisotopic (exact) mass is 316 g/mol. The Labute approximate surface area is 139 Å². The third-order valence-corrected chi connectivity index (χ3v) is 5.14. The first-order valence-corrected chi connectivity index (χ1v) is 8.94. The molecule has 126 valence electrons. The molecule has 2 heterocycles. The molecule has 2 aliphatic heterocycles. The number of benzene rings is 1. The SMILES string of the molecule is CCOCC(=O)N1CCC[C@@H]1[C@H]1CCCN1Cc1ccccc1. The Kier molecular flexibility index (Phi) is 5.68. The maximum absolute atomic E-state index is 12.4. The van der Waals surface area contributed by atoms with Crippen molar-refractivity contribution in [1.82, 2.24) is 9.80 Å². The first kappa shape index (κ1) is 16.5. The van der Waals surface area contributed by atoms with Crippen molar-refractivity contribution in [3.8, 4) is 0 Å². The van der Waals surface area contributed by atoms with Gasteiger partial charge in [0.15, 0.2) is 0 Å². The second-order valence-electron chi connectivity index (χ2n) is 6.60. The second-order valence-corrected chi connectivity index (χ2v) is 6.60. The molecule has 1 aromatic carbocycles. The quantitative estimate of drug-likeness (QED) is 0.809. The molecule has 0 saturated carbocycles. The maximum Gasteiger partial charge on any atom is 0.248 e. The van der Waals surface area contributed by atoms with Crippen molar-refractivity contribution in [2.45, 2.75) is 51.2 Å². The average Bonchev–Trinajstić information content (AvgIpc) is 3.22. The summed E-state index contributed by atoms with van der Waals surface area (Å²) in [6, 6.07) is 11.5. The van der Waals surface area contributed by atoms with Crippen LogP contribution in [0, 0.1) is 0 Å². The highest BCUT2D eigenvalue weighted by atomic mass is 16.5. The number of carbonyl (C=O) groups is 1. The molecule has 1 aromatic rings. The predicted octanol–water partition coefficient (Wildman–Crippen LogP) is 2.68. The smallest absolute Gasteiger partial charge is 0.248 e. The summed E-state index contributed by atoms with van der Waals surface area (Å²) in [5.41, 5.74) is 1.37. The van der Waals surface area contributed by atoms with Gasteiger partial charge in [-0.25, -0.2) is 0 Å². The molecule has 0 radical (unpaired) electrons. The van der Waals surface area contributed by atoms with Gasteiger partial charge in [0.05, 0.1) is 0 Å². The Morgan fingerprint density at radius 1 is 1.13 bits per heavy atom. The Morgan fingerprint density at radius 3 is 2.65 bits per heavy atom. The molecule has 0 N–H and O–H groups in total. The second kappa shape index (κ2) is 7.93. The molecule has 0 bridgehead atoms.